The minimum absolute atomic E-state index is 0.128. The molecule has 0 saturated carbocycles. The summed E-state index contributed by atoms with van der Waals surface area (Å²) in [5, 5.41) is 20.3. The van der Waals surface area contributed by atoms with Gasteiger partial charge >= 0.3 is 0 Å². The van der Waals surface area contributed by atoms with Gasteiger partial charge in [-0.1, -0.05) is 23.4 Å². The van der Waals surface area contributed by atoms with Crippen molar-refractivity contribution in [3.8, 4) is 0 Å². The number of para-hydroxylation sites is 1. The third-order valence-corrected chi connectivity index (χ3v) is 3.87. The van der Waals surface area contributed by atoms with Gasteiger partial charge in [-0.05, 0) is 6.07 Å². The average Bonchev–Trinajstić information content (AvgIpc) is 3.32. The van der Waals surface area contributed by atoms with Crippen LogP contribution in [0.5, 0.6) is 0 Å². The molecule has 0 radical (unpaired) electrons. The number of H-pyrrole nitrogens is 1. The maximum Gasteiger partial charge on any atom is 0.272 e. The van der Waals surface area contributed by atoms with Gasteiger partial charge in [0.15, 0.2) is 5.69 Å². The Balaban J connectivity index is 1.40. The zero-order valence-electron chi connectivity index (χ0n) is 13.4. The number of nitrogens with one attached hydrogen (secondary N) is 3. The van der Waals surface area contributed by atoms with Gasteiger partial charge in [-0.2, -0.15) is 5.10 Å². The maximum atomic E-state index is 12.3. The monoisotopic (exact) mass is 351 g/mol. The molecule has 0 bridgehead atoms. The van der Waals surface area contributed by atoms with Gasteiger partial charge in [-0.25, -0.2) is 4.68 Å². The minimum atomic E-state index is -0.441. The van der Waals surface area contributed by atoms with Crippen molar-refractivity contribution in [3.63, 3.8) is 0 Å². The van der Waals surface area contributed by atoms with Crippen LogP contribution in [-0.4, -0.2) is 42.9 Å². The SMILES string of the molecule is O=C1C=C(Cn2cc(CNC(=O)c3n[nH]c4ccccc34)nn2)C(=O)N1. The van der Waals surface area contributed by atoms with Crippen LogP contribution in [0.2, 0.25) is 0 Å². The molecule has 0 unspecified atom stereocenters. The second-order valence-corrected chi connectivity index (χ2v) is 5.70. The van der Waals surface area contributed by atoms with E-state index < -0.39 is 11.8 Å². The molecule has 1 aliphatic heterocycles. The molecule has 10 heteroatoms. The fourth-order valence-corrected chi connectivity index (χ4v) is 2.63. The van der Waals surface area contributed by atoms with Gasteiger partial charge in [0.2, 0.25) is 0 Å². The number of hydrogen-bond acceptors (Lipinski definition) is 6. The molecule has 4 rings (SSSR count). The molecule has 2 aromatic heterocycles. The van der Waals surface area contributed by atoms with Crippen LogP contribution >= 0.6 is 0 Å². The summed E-state index contributed by atoms with van der Waals surface area (Å²) < 4.78 is 1.43. The third-order valence-electron chi connectivity index (χ3n) is 3.87. The highest BCUT2D eigenvalue weighted by molar-refractivity contribution is 6.16. The number of benzene rings is 1. The Hall–Kier alpha value is -3.82. The fraction of sp³-hybridized carbons (Fsp3) is 0.125. The molecular weight excluding hydrogens is 338 g/mol. The molecule has 10 nitrogen and oxygen atoms in total. The van der Waals surface area contributed by atoms with E-state index in [1.807, 2.05) is 24.3 Å². The van der Waals surface area contributed by atoms with Crippen molar-refractivity contribution < 1.29 is 14.4 Å². The fourth-order valence-electron chi connectivity index (χ4n) is 2.63. The van der Waals surface area contributed by atoms with Crippen molar-refractivity contribution in [1.29, 1.82) is 0 Å². The lowest BCUT2D eigenvalue weighted by molar-refractivity contribution is -0.123. The Morgan fingerprint density at radius 1 is 1.23 bits per heavy atom. The van der Waals surface area contributed by atoms with Crippen LogP contribution < -0.4 is 10.6 Å². The highest BCUT2D eigenvalue weighted by Crippen LogP contribution is 2.14. The van der Waals surface area contributed by atoms with E-state index in [9.17, 15) is 14.4 Å². The Kier molecular flexibility index (Phi) is 3.77. The van der Waals surface area contributed by atoms with E-state index >= 15 is 0 Å². The number of carbonyl (C=O) groups excluding carboxylic acids is 3. The molecule has 1 aliphatic rings. The number of imide groups is 1. The Morgan fingerprint density at radius 3 is 2.88 bits per heavy atom. The van der Waals surface area contributed by atoms with Crippen LogP contribution in [-0.2, 0) is 22.7 Å². The molecule has 1 aromatic carbocycles. The Bertz CT molecular complexity index is 1060. The molecular formula is C16H13N7O3. The highest BCUT2D eigenvalue weighted by Gasteiger charge is 2.21. The van der Waals surface area contributed by atoms with E-state index in [0.29, 0.717) is 17.0 Å². The summed E-state index contributed by atoms with van der Waals surface area (Å²) >= 11 is 0. The van der Waals surface area contributed by atoms with Gasteiger partial charge in [0.1, 0.15) is 5.69 Å². The summed E-state index contributed by atoms with van der Waals surface area (Å²) in [5.74, 6) is -1.21. The van der Waals surface area contributed by atoms with Gasteiger partial charge in [-0.3, -0.25) is 24.8 Å². The molecule has 3 N–H and O–H groups in total. The van der Waals surface area contributed by atoms with Gasteiger partial charge in [0.25, 0.3) is 17.7 Å². The van der Waals surface area contributed by atoms with Crippen LogP contribution in [0.25, 0.3) is 10.9 Å². The van der Waals surface area contributed by atoms with Crippen LogP contribution in [0.4, 0.5) is 0 Å². The van der Waals surface area contributed by atoms with Crippen molar-refractivity contribution in [3.05, 3.63) is 53.5 Å². The predicted octanol–water partition coefficient (Wildman–Crippen LogP) is -0.333. The third kappa shape index (κ3) is 2.95. The van der Waals surface area contributed by atoms with Crippen LogP contribution in [0.15, 0.2) is 42.1 Å². The van der Waals surface area contributed by atoms with Crippen molar-refractivity contribution >= 4 is 28.6 Å². The number of nitrogens with zero attached hydrogens (tertiary/aromatic N) is 4. The molecule has 0 spiro atoms. The first-order valence-electron chi connectivity index (χ1n) is 7.76. The molecule has 26 heavy (non-hydrogen) atoms. The number of amides is 3. The first-order chi connectivity index (χ1) is 12.6. The number of fused-ring (bicyclic) bond motifs is 1. The topological polar surface area (TPSA) is 135 Å². The molecule has 3 amide bonds. The number of aromatic amines is 1. The largest absolute Gasteiger partial charge is 0.345 e. The van der Waals surface area contributed by atoms with Crippen LogP contribution in [0.3, 0.4) is 0 Å². The highest BCUT2D eigenvalue weighted by atomic mass is 16.2. The molecule has 3 aromatic rings. The van der Waals surface area contributed by atoms with E-state index in [1.54, 1.807) is 6.20 Å². The van der Waals surface area contributed by atoms with Crippen LogP contribution in [0, 0.1) is 0 Å². The summed E-state index contributed by atoms with van der Waals surface area (Å²) in [6.07, 6.45) is 2.83. The zero-order chi connectivity index (χ0) is 18.1. The molecule has 0 atom stereocenters. The molecule has 0 fully saturated rings. The Morgan fingerprint density at radius 2 is 2.08 bits per heavy atom. The van der Waals surface area contributed by atoms with Crippen molar-refractivity contribution in [2.75, 3.05) is 0 Å². The molecule has 0 saturated heterocycles. The van der Waals surface area contributed by atoms with Crippen molar-refractivity contribution in [2.45, 2.75) is 13.1 Å². The summed E-state index contributed by atoms with van der Waals surface area (Å²) in [4.78, 5) is 35.0. The van der Waals surface area contributed by atoms with E-state index in [2.05, 4.69) is 31.1 Å². The standard InChI is InChI=1S/C16H13N7O3/c24-13-5-9(15(25)18-13)7-23-8-10(19-22-23)6-17-16(26)14-11-3-1-2-4-12(11)20-21-14/h1-5,8H,6-7H2,(H,17,26)(H,20,21)(H,18,24,25). The summed E-state index contributed by atoms with van der Waals surface area (Å²) in [5.41, 5.74) is 1.91. The van der Waals surface area contributed by atoms with Crippen LogP contribution in [0.1, 0.15) is 16.2 Å². The quantitative estimate of drug-likeness (QED) is 0.539. The van der Waals surface area contributed by atoms with Gasteiger partial charge in [0, 0.05) is 17.0 Å². The molecule has 3 heterocycles. The number of aromatic nitrogens is 5. The summed E-state index contributed by atoms with van der Waals surface area (Å²) in [7, 11) is 0. The van der Waals surface area contributed by atoms with E-state index in [1.165, 1.54) is 10.8 Å². The normalized spacial score (nSPS) is 13.8. The number of rotatable bonds is 5. The number of carbonyl (C=O) groups is 3. The van der Waals surface area contributed by atoms with Gasteiger partial charge in [-0.15, -0.1) is 5.10 Å². The van der Waals surface area contributed by atoms with Gasteiger partial charge in [0.05, 0.1) is 24.8 Å². The second-order valence-electron chi connectivity index (χ2n) is 5.70. The molecule has 0 aliphatic carbocycles. The lowest BCUT2D eigenvalue weighted by atomic mass is 10.2. The van der Waals surface area contributed by atoms with Crippen molar-refractivity contribution in [2.24, 2.45) is 0 Å². The average molecular weight is 351 g/mol. The summed E-state index contributed by atoms with van der Waals surface area (Å²) in [6, 6.07) is 7.34. The maximum absolute atomic E-state index is 12.3. The van der Waals surface area contributed by atoms with Crippen molar-refractivity contribution in [1.82, 2.24) is 35.8 Å². The lowest BCUT2D eigenvalue weighted by Crippen LogP contribution is -2.23. The first kappa shape index (κ1) is 15.7. The molecule has 130 valence electrons. The predicted molar refractivity (Wildman–Crippen MR) is 88.5 cm³/mol. The second kappa shape index (κ2) is 6.24. The van der Waals surface area contributed by atoms with E-state index in [0.717, 1.165) is 10.9 Å². The van der Waals surface area contributed by atoms with E-state index in [4.69, 9.17) is 0 Å². The van der Waals surface area contributed by atoms with E-state index in [-0.39, 0.29) is 19.0 Å². The lowest BCUT2D eigenvalue weighted by Gasteiger charge is -2.00. The Labute approximate surface area is 146 Å². The smallest absolute Gasteiger partial charge is 0.272 e. The van der Waals surface area contributed by atoms with Gasteiger partial charge < -0.3 is 5.32 Å². The zero-order valence-corrected chi connectivity index (χ0v) is 13.4. The summed E-state index contributed by atoms with van der Waals surface area (Å²) in [6.45, 7) is 0.284. The number of hydrogen-bond donors (Lipinski definition) is 3. The minimum Gasteiger partial charge on any atom is -0.345 e. The first-order valence-corrected chi connectivity index (χ1v) is 7.76.